The average molecular weight is 422 g/mol. The average Bonchev–Trinajstić information content (AvgIpc) is 2.66. The number of hydrazine groups is 1. The molecule has 0 spiro atoms. The molecule has 1 heterocycles. The number of carbonyl (C=O) groups excluding carboxylic acids is 2. The van der Waals surface area contributed by atoms with Crippen LogP contribution in [0.25, 0.3) is 0 Å². The highest BCUT2D eigenvalue weighted by atomic mass is 35.5. The van der Waals surface area contributed by atoms with E-state index in [1.807, 2.05) is 30.3 Å². The van der Waals surface area contributed by atoms with Crippen LogP contribution in [-0.4, -0.2) is 40.4 Å². The highest BCUT2D eigenvalue weighted by Gasteiger charge is 2.24. The molecule has 1 atom stereocenters. The Labute approximate surface area is 174 Å². The highest BCUT2D eigenvalue weighted by Crippen LogP contribution is 2.08. The molecule has 10 heteroatoms. The van der Waals surface area contributed by atoms with Gasteiger partial charge in [-0.1, -0.05) is 41.9 Å². The number of aromatic nitrogens is 2. The maximum atomic E-state index is 12.5. The van der Waals surface area contributed by atoms with E-state index < -0.39 is 23.6 Å². The molecule has 0 bridgehead atoms. The molecule has 0 aliphatic carbocycles. The van der Waals surface area contributed by atoms with Gasteiger partial charge in [0.1, 0.15) is 11.6 Å². The minimum Gasteiger partial charge on any atom is -0.444 e. The number of carbonyl (C=O) groups is 2. The standard InChI is InChI=1S/C19H24ClN5O4/c1-19(2,3)29-18(27)21-14(12-28-11-13-7-5-4-6-8-13)17(26)25-24-16-10-9-15(20)22-23-16/h4-10,14H,11-12H2,1-3H3,(H,21,27)(H,23,24)(H,25,26). The third kappa shape index (κ3) is 8.75. The Hall–Kier alpha value is -2.91. The van der Waals surface area contributed by atoms with Gasteiger partial charge in [-0.2, -0.15) is 0 Å². The summed E-state index contributed by atoms with van der Waals surface area (Å²) in [5.74, 6) is -0.260. The van der Waals surface area contributed by atoms with Crippen molar-refractivity contribution < 1.29 is 19.1 Å². The van der Waals surface area contributed by atoms with E-state index in [9.17, 15) is 9.59 Å². The fraction of sp³-hybridized carbons (Fsp3) is 0.368. The van der Waals surface area contributed by atoms with Crippen molar-refractivity contribution >= 4 is 29.4 Å². The Morgan fingerprint density at radius 1 is 1.10 bits per heavy atom. The maximum Gasteiger partial charge on any atom is 0.408 e. The molecule has 1 aromatic heterocycles. The molecule has 3 N–H and O–H groups in total. The first-order valence-electron chi connectivity index (χ1n) is 8.89. The quantitative estimate of drug-likeness (QED) is 0.561. The summed E-state index contributed by atoms with van der Waals surface area (Å²) in [6.07, 6.45) is -0.729. The molecular formula is C19H24ClN5O4. The van der Waals surface area contributed by atoms with Gasteiger partial charge in [-0.15, -0.1) is 10.2 Å². The molecule has 2 rings (SSSR count). The van der Waals surface area contributed by atoms with Crippen molar-refractivity contribution in [3.8, 4) is 0 Å². The van der Waals surface area contributed by atoms with Crippen molar-refractivity contribution in [1.82, 2.24) is 20.9 Å². The largest absolute Gasteiger partial charge is 0.444 e. The second kappa shape index (κ2) is 10.6. The van der Waals surface area contributed by atoms with Gasteiger partial charge in [-0.25, -0.2) is 4.79 Å². The zero-order valence-corrected chi connectivity index (χ0v) is 17.2. The first-order valence-corrected chi connectivity index (χ1v) is 9.27. The van der Waals surface area contributed by atoms with Crippen LogP contribution in [0.3, 0.4) is 0 Å². The highest BCUT2D eigenvalue weighted by molar-refractivity contribution is 6.29. The van der Waals surface area contributed by atoms with Crippen molar-refractivity contribution in [1.29, 1.82) is 0 Å². The second-order valence-corrected chi connectivity index (χ2v) is 7.44. The van der Waals surface area contributed by atoms with Crippen molar-refractivity contribution in [2.24, 2.45) is 0 Å². The maximum absolute atomic E-state index is 12.5. The lowest BCUT2D eigenvalue weighted by Crippen LogP contribution is -2.51. The van der Waals surface area contributed by atoms with Crippen LogP contribution in [0.4, 0.5) is 10.6 Å². The van der Waals surface area contributed by atoms with Crippen LogP contribution in [-0.2, 0) is 20.9 Å². The number of ether oxygens (including phenoxy) is 2. The molecule has 0 radical (unpaired) electrons. The molecule has 0 fully saturated rings. The number of halogens is 1. The number of amides is 2. The minimum absolute atomic E-state index is 0.0616. The van der Waals surface area contributed by atoms with Gasteiger partial charge in [0.2, 0.25) is 0 Å². The monoisotopic (exact) mass is 421 g/mol. The van der Waals surface area contributed by atoms with Gasteiger partial charge in [0.25, 0.3) is 5.91 Å². The van der Waals surface area contributed by atoms with Crippen molar-refractivity contribution in [2.45, 2.75) is 39.0 Å². The summed E-state index contributed by atoms with van der Waals surface area (Å²) < 4.78 is 10.8. The van der Waals surface area contributed by atoms with Crippen molar-refractivity contribution in [3.05, 3.63) is 53.2 Å². The molecule has 2 aromatic rings. The van der Waals surface area contributed by atoms with Crippen LogP contribution in [0.2, 0.25) is 5.15 Å². The third-order valence-corrected chi connectivity index (χ3v) is 3.55. The number of hydrogen-bond donors (Lipinski definition) is 3. The van der Waals surface area contributed by atoms with Gasteiger partial charge in [0, 0.05) is 0 Å². The molecule has 0 saturated carbocycles. The summed E-state index contributed by atoms with van der Waals surface area (Å²) in [6.45, 7) is 5.42. The lowest BCUT2D eigenvalue weighted by atomic mass is 10.2. The summed E-state index contributed by atoms with van der Waals surface area (Å²) in [6, 6.07) is 11.5. The predicted molar refractivity (Wildman–Crippen MR) is 108 cm³/mol. The number of anilines is 1. The molecule has 0 aliphatic rings. The molecule has 0 saturated heterocycles. The van der Waals surface area contributed by atoms with Crippen molar-refractivity contribution in [2.75, 3.05) is 12.0 Å². The smallest absolute Gasteiger partial charge is 0.408 e. The van der Waals surface area contributed by atoms with Crippen LogP contribution >= 0.6 is 11.6 Å². The van der Waals surface area contributed by atoms with E-state index >= 15 is 0 Å². The number of hydrogen-bond acceptors (Lipinski definition) is 7. The molecule has 2 amide bonds. The number of nitrogens with one attached hydrogen (secondary N) is 3. The molecular weight excluding hydrogens is 398 g/mol. The Kier molecular flexibility index (Phi) is 8.17. The molecule has 1 aromatic carbocycles. The normalized spacial score (nSPS) is 12.0. The molecule has 29 heavy (non-hydrogen) atoms. The third-order valence-electron chi connectivity index (χ3n) is 3.35. The molecule has 9 nitrogen and oxygen atoms in total. The number of nitrogens with zero attached hydrogens (tertiary/aromatic N) is 2. The number of alkyl carbamates (subject to hydrolysis) is 1. The molecule has 156 valence electrons. The Balaban J connectivity index is 1.94. The SMILES string of the molecule is CC(C)(C)OC(=O)NC(COCc1ccccc1)C(=O)NNc1ccc(Cl)nn1. The van der Waals surface area contributed by atoms with Crippen molar-refractivity contribution in [3.63, 3.8) is 0 Å². The van der Waals surface area contributed by atoms with Gasteiger partial charge in [-0.3, -0.25) is 15.6 Å². The van der Waals surface area contributed by atoms with Crippen LogP contribution in [0, 0.1) is 0 Å². The zero-order valence-electron chi connectivity index (χ0n) is 16.4. The molecule has 0 aliphatic heterocycles. The summed E-state index contributed by atoms with van der Waals surface area (Å²) in [5.41, 5.74) is 5.29. The van der Waals surface area contributed by atoms with E-state index in [4.69, 9.17) is 21.1 Å². The lowest BCUT2D eigenvalue weighted by Gasteiger charge is -2.23. The van der Waals surface area contributed by atoms with E-state index in [1.165, 1.54) is 12.1 Å². The summed E-state index contributed by atoms with van der Waals surface area (Å²) in [4.78, 5) is 24.6. The first kappa shape index (κ1) is 22.4. The fourth-order valence-corrected chi connectivity index (χ4v) is 2.20. The summed E-state index contributed by atoms with van der Waals surface area (Å²) >= 11 is 5.68. The second-order valence-electron chi connectivity index (χ2n) is 7.06. The van der Waals surface area contributed by atoms with Gasteiger partial charge in [-0.05, 0) is 38.5 Å². The van der Waals surface area contributed by atoms with Gasteiger partial charge in [0.05, 0.1) is 13.2 Å². The van der Waals surface area contributed by atoms with Gasteiger partial charge >= 0.3 is 6.09 Å². The van der Waals surface area contributed by atoms with Gasteiger partial charge < -0.3 is 14.8 Å². The van der Waals surface area contributed by atoms with Crippen LogP contribution < -0.4 is 16.2 Å². The Morgan fingerprint density at radius 2 is 1.83 bits per heavy atom. The topological polar surface area (TPSA) is 114 Å². The van der Waals surface area contributed by atoms with E-state index in [0.29, 0.717) is 0 Å². The summed E-state index contributed by atoms with van der Waals surface area (Å²) in [7, 11) is 0. The van der Waals surface area contributed by atoms with E-state index in [0.717, 1.165) is 5.56 Å². The summed E-state index contributed by atoms with van der Waals surface area (Å²) in [5, 5.41) is 10.2. The first-order chi connectivity index (χ1) is 13.7. The Bertz CT molecular complexity index is 796. The minimum atomic E-state index is -0.999. The lowest BCUT2D eigenvalue weighted by molar-refractivity contribution is -0.124. The van der Waals surface area contributed by atoms with Crippen LogP contribution in [0.5, 0.6) is 0 Å². The number of benzene rings is 1. The van der Waals surface area contributed by atoms with Gasteiger partial charge in [0.15, 0.2) is 11.0 Å². The fourth-order valence-electron chi connectivity index (χ4n) is 2.10. The predicted octanol–water partition coefficient (Wildman–Crippen LogP) is 2.68. The van der Waals surface area contributed by atoms with E-state index in [2.05, 4.69) is 26.4 Å². The Morgan fingerprint density at radius 3 is 2.45 bits per heavy atom. The van der Waals surface area contributed by atoms with E-state index in [-0.39, 0.29) is 24.2 Å². The number of rotatable bonds is 8. The van der Waals surface area contributed by atoms with Crippen LogP contribution in [0.1, 0.15) is 26.3 Å². The zero-order chi connectivity index (χ0) is 21.3. The van der Waals surface area contributed by atoms with Crippen LogP contribution in [0.15, 0.2) is 42.5 Å². The molecule has 1 unspecified atom stereocenters. The van der Waals surface area contributed by atoms with E-state index in [1.54, 1.807) is 20.8 Å².